The molecule has 0 aliphatic carbocycles. The van der Waals surface area contributed by atoms with Crippen molar-refractivity contribution in [2.24, 2.45) is 0 Å². The van der Waals surface area contributed by atoms with Gasteiger partial charge in [0.25, 0.3) is 5.56 Å². The molecule has 0 atom stereocenters. The SMILES string of the molecule is O=c1[nH]cc(-c2ccccc2)c2cc(O)ccc12. The predicted octanol–water partition coefficient (Wildman–Crippen LogP) is 2.90. The molecule has 0 saturated carbocycles. The van der Waals surface area contributed by atoms with E-state index in [0.717, 1.165) is 16.5 Å². The minimum Gasteiger partial charge on any atom is -0.508 e. The molecule has 3 heteroatoms. The minimum absolute atomic E-state index is 0.148. The van der Waals surface area contributed by atoms with E-state index in [2.05, 4.69) is 4.98 Å². The Labute approximate surface area is 103 Å². The fourth-order valence-electron chi connectivity index (χ4n) is 2.10. The van der Waals surface area contributed by atoms with E-state index in [1.54, 1.807) is 18.3 Å². The third kappa shape index (κ3) is 1.66. The second kappa shape index (κ2) is 4.04. The first-order valence-electron chi connectivity index (χ1n) is 5.65. The van der Waals surface area contributed by atoms with Gasteiger partial charge in [-0.15, -0.1) is 0 Å². The summed E-state index contributed by atoms with van der Waals surface area (Å²) >= 11 is 0. The van der Waals surface area contributed by atoms with Gasteiger partial charge >= 0.3 is 0 Å². The lowest BCUT2D eigenvalue weighted by Gasteiger charge is -2.06. The molecular weight excluding hydrogens is 226 g/mol. The summed E-state index contributed by atoms with van der Waals surface area (Å²) in [4.78, 5) is 14.5. The maximum atomic E-state index is 11.7. The second-order valence-corrected chi connectivity index (χ2v) is 4.13. The first-order valence-corrected chi connectivity index (χ1v) is 5.65. The van der Waals surface area contributed by atoms with Crippen molar-refractivity contribution in [1.82, 2.24) is 4.98 Å². The number of aromatic nitrogens is 1. The van der Waals surface area contributed by atoms with Crippen LogP contribution in [0.15, 0.2) is 59.5 Å². The average Bonchev–Trinajstić information content (AvgIpc) is 2.40. The molecule has 18 heavy (non-hydrogen) atoms. The number of aromatic amines is 1. The van der Waals surface area contributed by atoms with Crippen molar-refractivity contribution < 1.29 is 5.11 Å². The molecule has 3 nitrogen and oxygen atoms in total. The molecule has 0 fully saturated rings. The van der Waals surface area contributed by atoms with E-state index >= 15 is 0 Å². The maximum Gasteiger partial charge on any atom is 0.255 e. The van der Waals surface area contributed by atoms with Gasteiger partial charge in [0.1, 0.15) is 5.75 Å². The monoisotopic (exact) mass is 237 g/mol. The fourth-order valence-corrected chi connectivity index (χ4v) is 2.10. The Kier molecular flexibility index (Phi) is 2.38. The summed E-state index contributed by atoms with van der Waals surface area (Å²) in [5.74, 6) is 0.158. The van der Waals surface area contributed by atoms with Crippen LogP contribution in [0.4, 0.5) is 0 Å². The number of phenols is 1. The molecule has 0 amide bonds. The number of aromatic hydroxyl groups is 1. The van der Waals surface area contributed by atoms with Crippen molar-refractivity contribution in [1.29, 1.82) is 0 Å². The van der Waals surface area contributed by atoms with Crippen LogP contribution in [0, 0.1) is 0 Å². The van der Waals surface area contributed by atoms with Gasteiger partial charge in [0.05, 0.1) is 0 Å². The van der Waals surface area contributed by atoms with Crippen molar-refractivity contribution in [2.75, 3.05) is 0 Å². The van der Waals surface area contributed by atoms with Gasteiger partial charge in [-0.3, -0.25) is 4.79 Å². The first kappa shape index (κ1) is 10.6. The molecule has 3 aromatic rings. The lowest BCUT2D eigenvalue weighted by molar-refractivity contribution is 0.476. The van der Waals surface area contributed by atoms with Crippen LogP contribution in [0.1, 0.15) is 0 Å². The highest BCUT2D eigenvalue weighted by Crippen LogP contribution is 2.28. The molecular formula is C15H11NO2. The molecule has 1 heterocycles. The zero-order valence-corrected chi connectivity index (χ0v) is 9.55. The van der Waals surface area contributed by atoms with Crippen LogP contribution in [0.2, 0.25) is 0 Å². The fraction of sp³-hybridized carbons (Fsp3) is 0. The Hall–Kier alpha value is -2.55. The van der Waals surface area contributed by atoms with Crippen LogP contribution in [-0.4, -0.2) is 10.1 Å². The van der Waals surface area contributed by atoms with E-state index in [1.165, 1.54) is 6.07 Å². The summed E-state index contributed by atoms with van der Waals surface area (Å²) in [5, 5.41) is 10.9. The van der Waals surface area contributed by atoms with Gasteiger partial charge in [0.2, 0.25) is 0 Å². The normalized spacial score (nSPS) is 10.7. The van der Waals surface area contributed by atoms with E-state index in [1.807, 2.05) is 30.3 Å². The van der Waals surface area contributed by atoms with Gasteiger partial charge in [-0.05, 0) is 23.8 Å². The summed E-state index contributed by atoms with van der Waals surface area (Å²) < 4.78 is 0. The number of rotatable bonds is 1. The third-order valence-corrected chi connectivity index (χ3v) is 2.97. The molecule has 2 aromatic carbocycles. The van der Waals surface area contributed by atoms with Gasteiger partial charge in [0.15, 0.2) is 0 Å². The summed E-state index contributed by atoms with van der Waals surface area (Å²) in [6.45, 7) is 0. The highest BCUT2D eigenvalue weighted by Gasteiger charge is 2.07. The Morgan fingerprint density at radius 2 is 1.72 bits per heavy atom. The zero-order chi connectivity index (χ0) is 12.5. The predicted molar refractivity (Wildman–Crippen MR) is 71.7 cm³/mol. The van der Waals surface area contributed by atoms with Crippen LogP contribution in [0.3, 0.4) is 0 Å². The smallest absolute Gasteiger partial charge is 0.255 e. The van der Waals surface area contributed by atoms with Gasteiger partial charge in [-0.2, -0.15) is 0 Å². The molecule has 88 valence electrons. The molecule has 0 aliphatic rings. The largest absolute Gasteiger partial charge is 0.508 e. The molecule has 2 N–H and O–H groups in total. The zero-order valence-electron chi connectivity index (χ0n) is 9.55. The molecule has 0 unspecified atom stereocenters. The highest BCUT2D eigenvalue weighted by molar-refractivity contribution is 5.96. The van der Waals surface area contributed by atoms with Gasteiger partial charge in [-0.25, -0.2) is 0 Å². The van der Waals surface area contributed by atoms with E-state index < -0.39 is 0 Å². The Morgan fingerprint density at radius 1 is 0.944 bits per heavy atom. The average molecular weight is 237 g/mol. The lowest BCUT2D eigenvalue weighted by atomic mass is 10.0. The number of phenolic OH excluding ortho intramolecular Hbond substituents is 1. The van der Waals surface area contributed by atoms with Crippen molar-refractivity contribution >= 4 is 10.8 Å². The van der Waals surface area contributed by atoms with Crippen molar-refractivity contribution in [3.63, 3.8) is 0 Å². The summed E-state index contributed by atoms with van der Waals surface area (Å²) in [7, 11) is 0. The van der Waals surface area contributed by atoms with E-state index in [9.17, 15) is 9.90 Å². The second-order valence-electron chi connectivity index (χ2n) is 4.13. The van der Waals surface area contributed by atoms with Crippen LogP contribution >= 0.6 is 0 Å². The van der Waals surface area contributed by atoms with Crippen LogP contribution in [-0.2, 0) is 0 Å². The lowest BCUT2D eigenvalue weighted by Crippen LogP contribution is -2.05. The Morgan fingerprint density at radius 3 is 2.50 bits per heavy atom. The molecule has 3 rings (SSSR count). The molecule has 0 spiro atoms. The van der Waals surface area contributed by atoms with Crippen molar-refractivity contribution in [3.05, 3.63) is 65.1 Å². The quantitative estimate of drug-likeness (QED) is 0.683. The van der Waals surface area contributed by atoms with E-state index in [-0.39, 0.29) is 11.3 Å². The molecule has 0 saturated heterocycles. The minimum atomic E-state index is -0.148. The van der Waals surface area contributed by atoms with Gasteiger partial charge in [0, 0.05) is 22.5 Å². The van der Waals surface area contributed by atoms with Crippen molar-refractivity contribution in [3.8, 4) is 16.9 Å². The van der Waals surface area contributed by atoms with Gasteiger partial charge in [-0.1, -0.05) is 30.3 Å². The summed E-state index contributed by atoms with van der Waals surface area (Å²) in [6.07, 6.45) is 1.68. The standard InChI is InChI=1S/C15H11NO2/c17-11-6-7-12-13(8-11)14(9-16-15(12)18)10-4-2-1-3-5-10/h1-9,17H,(H,16,18). The molecule has 0 aliphatic heterocycles. The number of H-pyrrole nitrogens is 1. The van der Waals surface area contributed by atoms with Crippen LogP contribution < -0.4 is 5.56 Å². The number of hydrogen-bond donors (Lipinski definition) is 2. The number of fused-ring (bicyclic) bond motifs is 1. The topological polar surface area (TPSA) is 53.1 Å². The van der Waals surface area contributed by atoms with E-state index in [0.29, 0.717) is 5.39 Å². The highest BCUT2D eigenvalue weighted by atomic mass is 16.3. The molecule has 0 bridgehead atoms. The Bertz CT molecular complexity index is 760. The summed E-state index contributed by atoms with van der Waals surface area (Å²) in [5.41, 5.74) is 1.76. The molecule has 0 radical (unpaired) electrons. The number of benzene rings is 2. The summed E-state index contributed by atoms with van der Waals surface area (Å²) in [6, 6.07) is 14.5. The first-order chi connectivity index (χ1) is 8.75. The van der Waals surface area contributed by atoms with E-state index in [4.69, 9.17) is 0 Å². The van der Waals surface area contributed by atoms with Crippen molar-refractivity contribution in [2.45, 2.75) is 0 Å². The van der Waals surface area contributed by atoms with Gasteiger partial charge < -0.3 is 10.1 Å². The molecule has 1 aromatic heterocycles. The number of hydrogen-bond acceptors (Lipinski definition) is 2. The Balaban J connectivity index is 2.41. The maximum absolute atomic E-state index is 11.7. The number of nitrogens with one attached hydrogen (secondary N) is 1. The van der Waals surface area contributed by atoms with Crippen LogP contribution in [0.25, 0.3) is 21.9 Å². The van der Waals surface area contributed by atoms with Crippen LogP contribution in [0.5, 0.6) is 5.75 Å². The number of pyridine rings is 1. The third-order valence-electron chi connectivity index (χ3n) is 2.97.